The van der Waals surface area contributed by atoms with Crippen molar-refractivity contribution in [2.45, 2.75) is 20.0 Å². The van der Waals surface area contributed by atoms with Crippen LogP contribution in [0.25, 0.3) is 10.9 Å². The molecule has 0 saturated carbocycles. The van der Waals surface area contributed by atoms with E-state index < -0.39 is 7.60 Å². The van der Waals surface area contributed by atoms with Crippen LogP contribution < -0.4 is 0 Å². The lowest BCUT2D eigenvalue weighted by Gasteiger charge is -2.17. The molecular weight excluding hydrogens is 263 g/mol. The average molecular weight is 282 g/mol. The molecule has 2 rings (SSSR count). The van der Waals surface area contributed by atoms with Crippen molar-refractivity contribution in [3.8, 4) is 0 Å². The van der Waals surface area contributed by atoms with Gasteiger partial charge in [-0.05, 0) is 25.5 Å². The SMILES string of the molecule is CCOP(=O)(Cc1ccc2cnn(C)c2c1)OCC. The molecular formula is C13H19N2O3P. The van der Waals surface area contributed by atoms with Crippen LogP contribution in [0.4, 0.5) is 0 Å². The van der Waals surface area contributed by atoms with Crippen LogP contribution in [0.2, 0.25) is 0 Å². The Hall–Kier alpha value is -1.16. The van der Waals surface area contributed by atoms with E-state index in [2.05, 4.69) is 5.10 Å². The van der Waals surface area contributed by atoms with Gasteiger partial charge in [-0.1, -0.05) is 12.1 Å². The van der Waals surface area contributed by atoms with Gasteiger partial charge in [-0.25, -0.2) is 0 Å². The Morgan fingerprint density at radius 1 is 1.26 bits per heavy atom. The minimum absolute atomic E-state index is 0.288. The highest BCUT2D eigenvalue weighted by Crippen LogP contribution is 2.51. The lowest BCUT2D eigenvalue weighted by atomic mass is 10.2. The van der Waals surface area contributed by atoms with E-state index in [1.807, 2.05) is 45.3 Å². The molecule has 1 heterocycles. The molecule has 0 bridgehead atoms. The van der Waals surface area contributed by atoms with E-state index >= 15 is 0 Å². The fourth-order valence-corrected chi connectivity index (χ4v) is 3.72. The maximum Gasteiger partial charge on any atom is 0.335 e. The number of aryl methyl sites for hydroxylation is 1. The maximum absolute atomic E-state index is 12.5. The first-order valence-corrected chi connectivity index (χ1v) is 8.09. The molecule has 6 heteroatoms. The van der Waals surface area contributed by atoms with Gasteiger partial charge in [0.25, 0.3) is 0 Å². The van der Waals surface area contributed by atoms with Crippen molar-refractivity contribution in [3.05, 3.63) is 30.0 Å². The molecule has 0 N–H and O–H groups in total. The lowest BCUT2D eigenvalue weighted by Crippen LogP contribution is -1.99. The van der Waals surface area contributed by atoms with Crippen LogP contribution in [0.15, 0.2) is 24.4 Å². The molecule has 0 aliphatic heterocycles. The van der Waals surface area contributed by atoms with Crippen LogP contribution in [0, 0.1) is 0 Å². The first kappa shape index (κ1) is 14.3. The normalized spacial score (nSPS) is 12.2. The Balaban J connectivity index is 2.28. The molecule has 0 unspecified atom stereocenters. The van der Waals surface area contributed by atoms with Gasteiger partial charge in [-0.3, -0.25) is 9.25 Å². The molecule has 0 aliphatic carbocycles. The van der Waals surface area contributed by atoms with Crippen molar-refractivity contribution in [1.82, 2.24) is 9.78 Å². The average Bonchev–Trinajstić information content (AvgIpc) is 2.71. The van der Waals surface area contributed by atoms with Gasteiger partial charge >= 0.3 is 7.60 Å². The number of fused-ring (bicyclic) bond motifs is 1. The van der Waals surface area contributed by atoms with Crippen molar-refractivity contribution < 1.29 is 13.6 Å². The highest BCUT2D eigenvalue weighted by Gasteiger charge is 2.24. The molecule has 2 aromatic rings. The van der Waals surface area contributed by atoms with Crippen LogP contribution in [-0.4, -0.2) is 23.0 Å². The van der Waals surface area contributed by atoms with Crippen LogP contribution in [0.1, 0.15) is 19.4 Å². The number of aromatic nitrogens is 2. The second kappa shape index (κ2) is 5.87. The van der Waals surface area contributed by atoms with E-state index in [0.29, 0.717) is 13.2 Å². The molecule has 0 aliphatic rings. The van der Waals surface area contributed by atoms with Crippen molar-refractivity contribution in [2.75, 3.05) is 13.2 Å². The molecule has 1 aromatic carbocycles. The summed E-state index contributed by atoms with van der Waals surface area (Å²) in [5.74, 6) is 0. The van der Waals surface area contributed by atoms with Gasteiger partial charge in [-0.2, -0.15) is 5.10 Å². The first-order valence-electron chi connectivity index (χ1n) is 6.36. The number of rotatable bonds is 6. The summed E-state index contributed by atoms with van der Waals surface area (Å²) in [6.07, 6.45) is 2.10. The monoisotopic (exact) mass is 282 g/mol. The van der Waals surface area contributed by atoms with E-state index in [9.17, 15) is 4.57 Å². The van der Waals surface area contributed by atoms with Crippen molar-refractivity contribution in [3.63, 3.8) is 0 Å². The van der Waals surface area contributed by atoms with E-state index in [1.165, 1.54) is 0 Å². The molecule has 19 heavy (non-hydrogen) atoms. The third kappa shape index (κ3) is 3.24. The smallest absolute Gasteiger partial charge is 0.309 e. The van der Waals surface area contributed by atoms with Gasteiger partial charge in [0.05, 0.1) is 31.1 Å². The van der Waals surface area contributed by atoms with Crippen molar-refractivity contribution >= 4 is 18.5 Å². The number of nitrogens with zero attached hydrogens (tertiary/aromatic N) is 2. The molecule has 0 atom stereocenters. The Bertz CT molecular complexity index is 599. The van der Waals surface area contributed by atoms with E-state index in [1.54, 1.807) is 4.68 Å². The van der Waals surface area contributed by atoms with E-state index in [-0.39, 0.29) is 6.16 Å². The molecule has 0 radical (unpaired) electrons. The molecule has 0 spiro atoms. The van der Waals surface area contributed by atoms with Crippen molar-refractivity contribution in [1.29, 1.82) is 0 Å². The summed E-state index contributed by atoms with van der Waals surface area (Å²) in [5.41, 5.74) is 1.94. The Morgan fingerprint density at radius 2 is 1.95 bits per heavy atom. The second-order valence-corrected chi connectivity index (χ2v) is 6.32. The summed E-state index contributed by atoms with van der Waals surface area (Å²) in [6.45, 7) is 4.39. The van der Waals surface area contributed by atoms with Gasteiger partial charge in [0.15, 0.2) is 0 Å². The van der Waals surface area contributed by atoms with E-state index in [0.717, 1.165) is 16.5 Å². The Kier molecular flexibility index (Phi) is 4.40. The molecule has 5 nitrogen and oxygen atoms in total. The topological polar surface area (TPSA) is 53.3 Å². The molecule has 0 amide bonds. The third-order valence-corrected chi connectivity index (χ3v) is 4.90. The summed E-state index contributed by atoms with van der Waals surface area (Å²) in [7, 11) is -1.16. The maximum atomic E-state index is 12.5. The predicted molar refractivity (Wildman–Crippen MR) is 75.3 cm³/mol. The van der Waals surface area contributed by atoms with Gasteiger partial charge in [-0.15, -0.1) is 0 Å². The Morgan fingerprint density at radius 3 is 2.58 bits per heavy atom. The second-order valence-electron chi connectivity index (χ2n) is 4.27. The van der Waals surface area contributed by atoms with Gasteiger partial charge in [0.1, 0.15) is 0 Å². The largest absolute Gasteiger partial charge is 0.335 e. The minimum Gasteiger partial charge on any atom is -0.309 e. The van der Waals surface area contributed by atoms with Gasteiger partial charge in [0, 0.05) is 12.4 Å². The van der Waals surface area contributed by atoms with Crippen LogP contribution in [-0.2, 0) is 26.8 Å². The van der Waals surface area contributed by atoms with Gasteiger partial charge < -0.3 is 9.05 Å². The van der Waals surface area contributed by atoms with Crippen LogP contribution >= 0.6 is 7.60 Å². The quantitative estimate of drug-likeness (QED) is 0.762. The summed E-state index contributed by atoms with van der Waals surface area (Å²) in [6, 6.07) is 5.89. The molecule has 1 aromatic heterocycles. The third-order valence-electron chi connectivity index (χ3n) is 2.84. The predicted octanol–water partition coefficient (Wildman–Crippen LogP) is 3.34. The zero-order valence-corrected chi connectivity index (χ0v) is 12.4. The van der Waals surface area contributed by atoms with Gasteiger partial charge in [0.2, 0.25) is 0 Å². The summed E-state index contributed by atoms with van der Waals surface area (Å²) in [5, 5.41) is 5.25. The fourth-order valence-electron chi connectivity index (χ4n) is 2.03. The standard InChI is InChI=1S/C13H19N2O3P/c1-4-17-19(16,18-5-2)10-11-6-7-12-9-14-15(3)13(12)8-11/h6-9H,4-5,10H2,1-3H3. The zero-order chi connectivity index (χ0) is 13.9. The number of hydrogen-bond donors (Lipinski definition) is 0. The lowest BCUT2D eigenvalue weighted by molar-refractivity contribution is 0.219. The molecule has 0 saturated heterocycles. The molecule has 0 fully saturated rings. The highest BCUT2D eigenvalue weighted by atomic mass is 31.2. The number of benzene rings is 1. The molecule has 104 valence electrons. The van der Waals surface area contributed by atoms with Crippen molar-refractivity contribution in [2.24, 2.45) is 7.05 Å². The Labute approximate surface area is 113 Å². The first-order chi connectivity index (χ1) is 9.08. The highest BCUT2D eigenvalue weighted by molar-refractivity contribution is 7.53. The zero-order valence-electron chi connectivity index (χ0n) is 11.5. The van der Waals surface area contributed by atoms with E-state index in [4.69, 9.17) is 9.05 Å². The minimum atomic E-state index is -3.05. The fraction of sp³-hybridized carbons (Fsp3) is 0.462. The van der Waals surface area contributed by atoms with Crippen LogP contribution in [0.5, 0.6) is 0 Å². The summed E-state index contributed by atoms with van der Waals surface area (Å²) in [4.78, 5) is 0. The summed E-state index contributed by atoms with van der Waals surface area (Å²) < 4.78 is 24.9. The number of hydrogen-bond acceptors (Lipinski definition) is 4. The summed E-state index contributed by atoms with van der Waals surface area (Å²) >= 11 is 0. The van der Waals surface area contributed by atoms with Crippen LogP contribution in [0.3, 0.4) is 0 Å².